The van der Waals surface area contributed by atoms with Gasteiger partial charge < -0.3 is 4.74 Å². The van der Waals surface area contributed by atoms with Gasteiger partial charge in [0, 0.05) is 15.6 Å². The molecule has 88 valence electrons. The van der Waals surface area contributed by atoms with E-state index in [0.717, 1.165) is 0 Å². The molecule has 2 rings (SSSR count). The highest BCUT2D eigenvalue weighted by Gasteiger charge is 2.04. The van der Waals surface area contributed by atoms with E-state index in [1.807, 2.05) is 0 Å². The fourth-order valence-electron chi connectivity index (χ4n) is 1.37. The minimum absolute atomic E-state index is 0.118. The molecule has 0 fully saturated rings. The molecule has 0 saturated heterocycles. The molecule has 0 radical (unpaired) electrons. The van der Waals surface area contributed by atoms with Crippen LogP contribution in [0.15, 0.2) is 42.5 Å². The minimum Gasteiger partial charge on any atom is -0.489 e. The summed E-state index contributed by atoms with van der Waals surface area (Å²) in [5, 5.41) is 1.06. The van der Waals surface area contributed by atoms with Crippen molar-refractivity contribution >= 4 is 23.2 Å². The van der Waals surface area contributed by atoms with E-state index in [1.54, 1.807) is 30.3 Å². The Bertz CT molecular complexity index is 529. The van der Waals surface area contributed by atoms with Crippen molar-refractivity contribution in [1.29, 1.82) is 0 Å². The lowest BCUT2D eigenvalue weighted by atomic mass is 10.2. The van der Waals surface area contributed by atoms with E-state index in [9.17, 15) is 4.39 Å². The molecule has 0 saturated carbocycles. The Hall–Kier alpha value is -1.25. The zero-order chi connectivity index (χ0) is 12.3. The molecule has 17 heavy (non-hydrogen) atoms. The van der Waals surface area contributed by atoms with E-state index >= 15 is 0 Å². The summed E-state index contributed by atoms with van der Waals surface area (Å²) in [7, 11) is 0. The number of halogens is 3. The van der Waals surface area contributed by atoms with Gasteiger partial charge in [-0.1, -0.05) is 29.3 Å². The lowest BCUT2D eigenvalue weighted by Crippen LogP contribution is -1.98. The van der Waals surface area contributed by atoms with Crippen molar-refractivity contribution < 1.29 is 9.13 Å². The molecule has 1 nitrogen and oxygen atoms in total. The first-order valence-electron chi connectivity index (χ1n) is 4.97. The molecule has 4 heteroatoms. The number of ether oxygens (including phenoxy) is 1. The highest BCUT2D eigenvalue weighted by atomic mass is 35.5. The first-order chi connectivity index (χ1) is 8.15. The molecular weight excluding hydrogens is 262 g/mol. The van der Waals surface area contributed by atoms with Crippen molar-refractivity contribution in [2.45, 2.75) is 6.61 Å². The first kappa shape index (κ1) is 12.2. The van der Waals surface area contributed by atoms with Crippen LogP contribution < -0.4 is 4.74 Å². The predicted molar refractivity (Wildman–Crippen MR) is 67.2 cm³/mol. The third kappa shape index (κ3) is 3.35. The number of hydrogen-bond donors (Lipinski definition) is 0. The molecular formula is C13H9Cl2FO. The van der Waals surface area contributed by atoms with Crippen molar-refractivity contribution in [3.8, 4) is 5.75 Å². The van der Waals surface area contributed by atoms with E-state index in [1.165, 1.54) is 12.1 Å². The van der Waals surface area contributed by atoms with Crippen LogP contribution in [0.3, 0.4) is 0 Å². The largest absolute Gasteiger partial charge is 0.489 e. The predicted octanol–water partition coefficient (Wildman–Crippen LogP) is 4.71. The lowest BCUT2D eigenvalue weighted by Gasteiger charge is -2.07. The van der Waals surface area contributed by atoms with E-state index in [4.69, 9.17) is 27.9 Å². The normalized spacial score (nSPS) is 10.3. The SMILES string of the molecule is Fc1ccc(Cl)cc1COc1cccc(Cl)c1. The molecule has 0 spiro atoms. The van der Waals surface area contributed by atoms with Crippen molar-refractivity contribution in [3.63, 3.8) is 0 Å². The van der Waals surface area contributed by atoms with Crippen LogP contribution in [0.4, 0.5) is 4.39 Å². The van der Waals surface area contributed by atoms with E-state index in [-0.39, 0.29) is 12.4 Å². The second-order valence-corrected chi connectivity index (χ2v) is 4.35. The number of rotatable bonds is 3. The summed E-state index contributed by atoms with van der Waals surface area (Å²) >= 11 is 11.6. The van der Waals surface area contributed by atoms with E-state index in [2.05, 4.69) is 0 Å². The van der Waals surface area contributed by atoms with Crippen LogP contribution in [0.2, 0.25) is 10.0 Å². The van der Waals surface area contributed by atoms with Crippen LogP contribution in [-0.4, -0.2) is 0 Å². The Labute approximate surface area is 109 Å². The van der Waals surface area contributed by atoms with Crippen LogP contribution in [0.25, 0.3) is 0 Å². The standard InChI is InChI=1S/C13H9Cl2FO/c14-10-2-1-3-12(7-10)17-8-9-6-11(15)4-5-13(9)16/h1-7H,8H2. The fourth-order valence-corrected chi connectivity index (χ4v) is 1.75. The quantitative estimate of drug-likeness (QED) is 0.785. The maximum Gasteiger partial charge on any atom is 0.129 e. The monoisotopic (exact) mass is 270 g/mol. The van der Waals surface area contributed by atoms with Gasteiger partial charge in [0.1, 0.15) is 18.2 Å². The molecule has 0 atom stereocenters. The van der Waals surface area contributed by atoms with Crippen LogP contribution in [0.5, 0.6) is 5.75 Å². The summed E-state index contributed by atoms with van der Waals surface area (Å²) in [6.07, 6.45) is 0. The third-order valence-electron chi connectivity index (χ3n) is 2.20. The van der Waals surface area contributed by atoms with Gasteiger partial charge in [0.05, 0.1) is 0 Å². The maximum absolute atomic E-state index is 13.4. The zero-order valence-corrected chi connectivity index (χ0v) is 10.3. The first-order valence-corrected chi connectivity index (χ1v) is 5.73. The summed E-state index contributed by atoms with van der Waals surface area (Å²) in [6.45, 7) is 0.118. The van der Waals surface area contributed by atoms with Gasteiger partial charge in [-0.25, -0.2) is 4.39 Å². The van der Waals surface area contributed by atoms with Crippen LogP contribution in [-0.2, 0) is 6.61 Å². The summed E-state index contributed by atoms with van der Waals surface area (Å²) in [5.41, 5.74) is 0.414. The molecule has 0 aliphatic rings. The molecule has 0 heterocycles. The molecule has 0 N–H and O–H groups in total. The van der Waals surface area contributed by atoms with Crippen LogP contribution in [0.1, 0.15) is 5.56 Å². The highest BCUT2D eigenvalue weighted by molar-refractivity contribution is 6.30. The molecule has 0 aliphatic carbocycles. The van der Waals surface area contributed by atoms with Crippen LogP contribution >= 0.6 is 23.2 Å². The maximum atomic E-state index is 13.4. The minimum atomic E-state index is -0.337. The lowest BCUT2D eigenvalue weighted by molar-refractivity contribution is 0.300. The van der Waals surface area contributed by atoms with Gasteiger partial charge in [0.25, 0.3) is 0 Å². The Morgan fingerprint density at radius 3 is 2.53 bits per heavy atom. The number of hydrogen-bond acceptors (Lipinski definition) is 1. The fraction of sp³-hybridized carbons (Fsp3) is 0.0769. The summed E-state index contributed by atoms with van der Waals surface area (Å²) < 4.78 is 18.8. The second kappa shape index (κ2) is 5.39. The molecule has 2 aromatic carbocycles. The summed E-state index contributed by atoms with van der Waals surface area (Å²) in [4.78, 5) is 0. The van der Waals surface area contributed by atoms with Gasteiger partial charge in [-0.3, -0.25) is 0 Å². The van der Waals surface area contributed by atoms with E-state index < -0.39 is 0 Å². The van der Waals surface area contributed by atoms with Gasteiger partial charge in [0.15, 0.2) is 0 Å². The molecule has 0 aromatic heterocycles. The molecule has 0 bridgehead atoms. The zero-order valence-electron chi connectivity index (χ0n) is 8.79. The Morgan fingerprint density at radius 1 is 1.00 bits per heavy atom. The van der Waals surface area contributed by atoms with Gasteiger partial charge in [-0.05, 0) is 36.4 Å². The third-order valence-corrected chi connectivity index (χ3v) is 2.67. The number of benzene rings is 2. The van der Waals surface area contributed by atoms with Crippen molar-refractivity contribution in [2.75, 3.05) is 0 Å². The summed E-state index contributed by atoms with van der Waals surface area (Å²) in [6, 6.07) is 11.3. The van der Waals surface area contributed by atoms with Gasteiger partial charge >= 0.3 is 0 Å². The van der Waals surface area contributed by atoms with Gasteiger partial charge in [0.2, 0.25) is 0 Å². The van der Waals surface area contributed by atoms with Crippen molar-refractivity contribution in [2.24, 2.45) is 0 Å². The highest BCUT2D eigenvalue weighted by Crippen LogP contribution is 2.20. The van der Waals surface area contributed by atoms with Crippen molar-refractivity contribution in [3.05, 3.63) is 63.9 Å². The Morgan fingerprint density at radius 2 is 1.76 bits per heavy atom. The van der Waals surface area contributed by atoms with Crippen molar-refractivity contribution in [1.82, 2.24) is 0 Å². The topological polar surface area (TPSA) is 9.23 Å². The van der Waals surface area contributed by atoms with Crippen LogP contribution in [0, 0.1) is 5.82 Å². The Kier molecular flexibility index (Phi) is 3.87. The average Bonchev–Trinajstić information content (AvgIpc) is 2.30. The Balaban J connectivity index is 2.09. The van der Waals surface area contributed by atoms with Gasteiger partial charge in [-0.15, -0.1) is 0 Å². The smallest absolute Gasteiger partial charge is 0.129 e. The second-order valence-electron chi connectivity index (χ2n) is 3.48. The summed E-state index contributed by atoms with van der Waals surface area (Å²) in [5.74, 6) is 0.258. The molecule has 0 aliphatic heterocycles. The molecule has 2 aromatic rings. The van der Waals surface area contributed by atoms with Gasteiger partial charge in [-0.2, -0.15) is 0 Å². The average molecular weight is 271 g/mol. The molecule has 0 unspecified atom stereocenters. The van der Waals surface area contributed by atoms with E-state index in [0.29, 0.717) is 21.4 Å². The molecule has 0 amide bonds.